The molecule has 0 unspecified atom stereocenters. The van der Waals surface area contributed by atoms with E-state index in [0.717, 1.165) is 9.80 Å². The van der Waals surface area contributed by atoms with Gasteiger partial charge in [0.05, 0.1) is 6.54 Å². The maximum Gasteiger partial charge on any atom is 0.325 e. The van der Waals surface area contributed by atoms with Gasteiger partial charge in [-0.1, -0.05) is 0 Å². The molecule has 1 rings (SSSR count). The highest BCUT2D eigenvalue weighted by molar-refractivity contribution is 6.04. The number of carbonyl (C=O) groups is 4. The van der Waals surface area contributed by atoms with Crippen molar-refractivity contribution in [3.05, 3.63) is 0 Å². The maximum atomic E-state index is 11.6. The highest BCUT2D eigenvalue weighted by Gasteiger charge is 2.31. The molecular formula is C9H13N3O5. The highest BCUT2D eigenvalue weighted by atomic mass is 16.4. The third kappa shape index (κ3) is 3.16. The van der Waals surface area contributed by atoms with Crippen molar-refractivity contribution in [2.24, 2.45) is 0 Å². The van der Waals surface area contributed by atoms with Crippen molar-refractivity contribution in [1.82, 2.24) is 15.1 Å². The number of hydrogen-bond donors (Lipinski definition) is 2. The Morgan fingerprint density at radius 1 is 1.47 bits per heavy atom. The van der Waals surface area contributed by atoms with Gasteiger partial charge < -0.3 is 15.3 Å². The number of rotatable bonds is 5. The minimum absolute atomic E-state index is 0.128. The van der Waals surface area contributed by atoms with Crippen LogP contribution in [0.1, 0.15) is 6.92 Å². The van der Waals surface area contributed by atoms with Crippen molar-refractivity contribution in [2.75, 3.05) is 26.2 Å². The number of amides is 4. The van der Waals surface area contributed by atoms with Crippen LogP contribution in [-0.4, -0.2) is 64.9 Å². The average molecular weight is 243 g/mol. The van der Waals surface area contributed by atoms with Crippen LogP contribution in [0.25, 0.3) is 0 Å². The Hall–Kier alpha value is -2.12. The van der Waals surface area contributed by atoms with Gasteiger partial charge >= 0.3 is 12.0 Å². The highest BCUT2D eigenvalue weighted by Crippen LogP contribution is 2.01. The van der Waals surface area contributed by atoms with Crippen LogP contribution in [0.3, 0.4) is 0 Å². The second-order valence-corrected chi connectivity index (χ2v) is 3.44. The van der Waals surface area contributed by atoms with Gasteiger partial charge in [-0.05, 0) is 6.92 Å². The summed E-state index contributed by atoms with van der Waals surface area (Å²) in [6, 6.07) is -0.630. The number of urea groups is 1. The van der Waals surface area contributed by atoms with E-state index in [4.69, 9.17) is 5.11 Å². The molecule has 8 nitrogen and oxygen atoms in total. The van der Waals surface area contributed by atoms with E-state index in [1.165, 1.54) is 0 Å². The van der Waals surface area contributed by atoms with E-state index in [0.29, 0.717) is 0 Å². The number of nitrogens with one attached hydrogen (secondary N) is 1. The second kappa shape index (κ2) is 5.28. The fraction of sp³-hybridized carbons (Fsp3) is 0.556. The molecular weight excluding hydrogens is 230 g/mol. The number of likely N-dealkylation sites (N-methyl/N-ethyl adjacent to an activating group) is 1. The maximum absolute atomic E-state index is 11.6. The molecule has 2 N–H and O–H groups in total. The molecule has 1 saturated heterocycles. The zero-order valence-corrected chi connectivity index (χ0v) is 9.30. The molecule has 0 spiro atoms. The summed E-state index contributed by atoms with van der Waals surface area (Å²) in [5.41, 5.74) is 0. The number of imide groups is 1. The molecule has 4 amide bonds. The Kier molecular flexibility index (Phi) is 4.02. The number of carbonyl (C=O) groups excluding carboxylic acids is 3. The monoisotopic (exact) mass is 243 g/mol. The summed E-state index contributed by atoms with van der Waals surface area (Å²) in [4.78, 5) is 46.3. The van der Waals surface area contributed by atoms with Crippen LogP contribution in [0.5, 0.6) is 0 Å². The lowest BCUT2D eigenvalue weighted by atomic mass is 10.4. The Morgan fingerprint density at radius 3 is 2.53 bits per heavy atom. The molecule has 0 saturated carbocycles. The Morgan fingerprint density at radius 2 is 2.12 bits per heavy atom. The number of carboxylic acid groups (broad SMARTS) is 1. The van der Waals surface area contributed by atoms with E-state index in [9.17, 15) is 19.2 Å². The van der Waals surface area contributed by atoms with Crippen molar-refractivity contribution in [3.63, 3.8) is 0 Å². The molecule has 94 valence electrons. The molecule has 1 heterocycles. The number of aliphatic carboxylic acids is 1. The first-order chi connectivity index (χ1) is 7.95. The zero-order valence-electron chi connectivity index (χ0n) is 9.30. The minimum atomic E-state index is -1.14. The Bertz CT molecular complexity index is 352. The minimum Gasteiger partial charge on any atom is -0.480 e. The topological polar surface area (TPSA) is 107 Å². The lowest BCUT2D eigenvalue weighted by Crippen LogP contribution is -2.44. The zero-order chi connectivity index (χ0) is 13.0. The third-order valence-electron chi connectivity index (χ3n) is 2.29. The molecule has 0 bridgehead atoms. The molecule has 1 fully saturated rings. The average Bonchev–Trinajstić information content (AvgIpc) is 2.57. The fourth-order valence-corrected chi connectivity index (χ4v) is 1.39. The molecule has 0 aromatic carbocycles. The lowest BCUT2D eigenvalue weighted by Gasteiger charge is -2.21. The second-order valence-electron chi connectivity index (χ2n) is 3.44. The predicted octanol–water partition coefficient (Wildman–Crippen LogP) is -1.53. The molecule has 1 aliphatic rings. The van der Waals surface area contributed by atoms with E-state index < -0.39 is 36.9 Å². The quantitative estimate of drug-likeness (QED) is 0.570. The van der Waals surface area contributed by atoms with E-state index >= 15 is 0 Å². The van der Waals surface area contributed by atoms with Gasteiger partial charge in [-0.3, -0.25) is 19.3 Å². The lowest BCUT2D eigenvalue weighted by molar-refractivity contribution is -0.145. The molecule has 0 aliphatic carbocycles. The normalized spacial score (nSPS) is 14.8. The first kappa shape index (κ1) is 12.9. The molecule has 17 heavy (non-hydrogen) atoms. The summed E-state index contributed by atoms with van der Waals surface area (Å²) in [6.07, 6.45) is 0. The first-order valence-electron chi connectivity index (χ1n) is 5.03. The summed E-state index contributed by atoms with van der Waals surface area (Å²) in [5.74, 6) is -2.20. The standard InChI is InChI=1S/C9H13N3O5/c1-2-11(5-8(15)16)7(14)4-12-6(13)3-10-9(12)17/h2-5H2,1H3,(H,10,17)(H,15,16). The summed E-state index contributed by atoms with van der Waals surface area (Å²) in [5, 5.41) is 10.8. The van der Waals surface area contributed by atoms with Gasteiger partial charge in [-0.15, -0.1) is 0 Å². The fourth-order valence-electron chi connectivity index (χ4n) is 1.39. The van der Waals surface area contributed by atoms with Crippen LogP contribution in [0.2, 0.25) is 0 Å². The van der Waals surface area contributed by atoms with Gasteiger partial charge in [-0.2, -0.15) is 0 Å². The van der Waals surface area contributed by atoms with Crippen molar-refractivity contribution < 1.29 is 24.3 Å². The van der Waals surface area contributed by atoms with Gasteiger partial charge in [0.2, 0.25) is 5.91 Å². The van der Waals surface area contributed by atoms with Gasteiger partial charge in [0.1, 0.15) is 13.1 Å². The summed E-state index contributed by atoms with van der Waals surface area (Å²) in [7, 11) is 0. The van der Waals surface area contributed by atoms with Crippen LogP contribution in [0.4, 0.5) is 4.79 Å². The van der Waals surface area contributed by atoms with Crippen molar-refractivity contribution in [1.29, 1.82) is 0 Å². The van der Waals surface area contributed by atoms with Crippen LogP contribution in [-0.2, 0) is 14.4 Å². The van der Waals surface area contributed by atoms with E-state index in [1.807, 2.05) is 0 Å². The van der Waals surface area contributed by atoms with Crippen molar-refractivity contribution in [2.45, 2.75) is 6.92 Å². The van der Waals surface area contributed by atoms with Gasteiger partial charge in [-0.25, -0.2) is 4.79 Å². The van der Waals surface area contributed by atoms with Crippen LogP contribution < -0.4 is 5.32 Å². The summed E-state index contributed by atoms with van der Waals surface area (Å²) in [6.45, 7) is 0.823. The molecule has 1 aliphatic heterocycles. The van der Waals surface area contributed by atoms with Crippen molar-refractivity contribution >= 4 is 23.8 Å². The Labute approximate surface area is 97.2 Å². The Balaban J connectivity index is 2.60. The smallest absolute Gasteiger partial charge is 0.325 e. The molecule has 0 radical (unpaired) electrons. The SMILES string of the molecule is CCN(CC(=O)O)C(=O)CN1C(=O)CNC1=O. The largest absolute Gasteiger partial charge is 0.480 e. The summed E-state index contributed by atoms with van der Waals surface area (Å²) < 4.78 is 0. The third-order valence-corrected chi connectivity index (χ3v) is 2.29. The van der Waals surface area contributed by atoms with Crippen molar-refractivity contribution in [3.8, 4) is 0 Å². The molecule has 8 heteroatoms. The summed E-state index contributed by atoms with van der Waals surface area (Å²) >= 11 is 0. The number of hydrogen-bond acceptors (Lipinski definition) is 4. The molecule has 0 atom stereocenters. The number of nitrogens with zero attached hydrogens (tertiary/aromatic N) is 2. The van der Waals surface area contributed by atoms with Crippen LogP contribution >= 0.6 is 0 Å². The van der Waals surface area contributed by atoms with Crippen LogP contribution in [0.15, 0.2) is 0 Å². The van der Waals surface area contributed by atoms with Gasteiger partial charge in [0.15, 0.2) is 0 Å². The number of carboxylic acids is 1. The van der Waals surface area contributed by atoms with E-state index in [1.54, 1.807) is 6.92 Å². The molecule has 0 aromatic heterocycles. The molecule has 0 aromatic rings. The predicted molar refractivity (Wildman–Crippen MR) is 55.0 cm³/mol. The van der Waals surface area contributed by atoms with E-state index in [-0.39, 0.29) is 13.1 Å². The first-order valence-corrected chi connectivity index (χ1v) is 5.03. The van der Waals surface area contributed by atoms with Gasteiger partial charge in [0, 0.05) is 6.54 Å². The van der Waals surface area contributed by atoms with Gasteiger partial charge in [0.25, 0.3) is 5.91 Å². The van der Waals surface area contributed by atoms with E-state index in [2.05, 4.69) is 5.32 Å². The van der Waals surface area contributed by atoms with Crippen LogP contribution in [0, 0.1) is 0 Å².